The van der Waals surface area contributed by atoms with Gasteiger partial charge < -0.3 is 15.2 Å². The van der Waals surface area contributed by atoms with E-state index in [1.165, 1.54) is 18.6 Å². The van der Waals surface area contributed by atoms with Crippen molar-refractivity contribution in [1.82, 2.24) is 15.0 Å². The van der Waals surface area contributed by atoms with Crippen LogP contribution in [0.2, 0.25) is 0 Å². The van der Waals surface area contributed by atoms with Crippen molar-refractivity contribution in [2.45, 2.75) is 69.0 Å². The second-order valence-electron chi connectivity index (χ2n) is 8.93. The van der Waals surface area contributed by atoms with E-state index in [0.29, 0.717) is 29.2 Å². The van der Waals surface area contributed by atoms with Gasteiger partial charge in [-0.25, -0.2) is 4.79 Å². The largest absolute Gasteiger partial charge is 0.351 e. The lowest BCUT2D eigenvalue weighted by molar-refractivity contribution is -0.384. The first-order valence-corrected chi connectivity index (χ1v) is 10.9. The molecule has 0 spiro atoms. The number of rotatable bonds is 5. The van der Waals surface area contributed by atoms with E-state index in [2.05, 4.69) is 22.1 Å². The van der Waals surface area contributed by atoms with E-state index in [0.717, 1.165) is 38.5 Å². The van der Waals surface area contributed by atoms with Crippen molar-refractivity contribution >= 4 is 17.4 Å². The van der Waals surface area contributed by atoms with Crippen LogP contribution in [0.1, 0.15) is 56.7 Å². The molecule has 31 heavy (non-hydrogen) atoms. The van der Waals surface area contributed by atoms with Crippen molar-refractivity contribution in [3.05, 3.63) is 34.1 Å². The van der Waals surface area contributed by atoms with Crippen molar-refractivity contribution in [1.29, 1.82) is 0 Å². The summed E-state index contributed by atoms with van der Waals surface area (Å²) in [6.45, 7) is 0. The van der Waals surface area contributed by atoms with Crippen molar-refractivity contribution in [2.24, 2.45) is 5.73 Å². The van der Waals surface area contributed by atoms with Crippen LogP contribution in [-0.2, 0) is 0 Å². The number of aromatic nitrogens is 2. The molecule has 2 saturated heterocycles. The number of nitrogens with two attached hydrogens (primary N) is 1. The highest BCUT2D eigenvalue weighted by molar-refractivity contribution is 5.96. The molecule has 10 heteroatoms. The van der Waals surface area contributed by atoms with Gasteiger partial charge in [0.15, 0.2) is 5.82 Å². The maximum atomic E-state index is 12.7. The Morgan fingerprint density at radius 1 is 1.26 bits per heavy atom. The standard InChI is InChI=1S/C21H26N6O4/c1-25-13-3-2-4-14(25)10-16(9-13)26(21(22)28)18-8-7-15(27(29)30)11-17(18)20-23-19(24-31-20)12-5-6-12/h7-8,11-14,16H,2-6,9-10H2,1H3,(H2,22,28)/t13-,14+,16+. The van der Waals surface area contributed by atoms with E-state index >= 15 is 0 Å². The molecule has 0 radical (unpaired) electrons. The Bertz CT molecular complexity index is 1010. The van der Waals surface area contributed by atoms with Gasteiger partial charge in [0.05, 0.1) is 16.2 Å². The molecule has 5 rings (SSSR count). The molecule has 3 aliphatic rings. The van der Waals surface area contributed by atoms with Gasteiger partial charge in [-0.15, -0.1) is 0 Å². The lowest BCUT2D eigenvalue weighted by Crippen LogP contribution is -2.57. The number of amides is 2. The Labute approximate surface area is 179 Å². The van der Waals surface area contributed by atoms with Gasteiger partial charge in [0.1, 0.15) is 0 Å². The number of benzene rings is 1. The molecule has 3 heterocycles. The number of hydrogen-bond donors (Lipinski definition) is 1. The van der Waals surface area contributed by atoms with Gasteiger partial charge >= 0.3 is 6.03 Å². The minimum Gasteiger partial charge on any atom is -0.351 e. The summed E-state index contributed by atoms with van der Waals surface area (Å²) in [5.41, 5.74) is 6.62. The van der Waals surface area contributed by atoms with Gasteiger partial charge in [0.25, 0.3) is 11.6 Å². The maximum Gasteiger partial charge on any atom is 0.319 e. The summed E-state index contributed by atoms with van der Waals surface area (Å²) in [6, 6.07) is 4.48. The van der Waals surface area contributed by atoms with Crippen LogP contribution in [0.5, 0.6) is 0 Å². The number of anilines is 1. The summed E-state index contributed by atoms with van der Waals surface area (Å²) < 4.78 is 5.47. The lowest BCUT2D eigenvalue weighted by Gasteiger charge is -2.49. The number of non-ortho nitro benzene ring substituents is 1. The van der Waals surface area contributed by atoms with Gasteiger partial charge in [0.2, 0.25) is 0 Å². The Balaban J connectivity index is 1.56. The minimum absolute atomic E-state index is 0.0879. The number of hydrogen-bond acceptors (Lipinski definition) is 7. The number of nitrogens with zero attached hydrogens (tertiary/aromatic N) is 5. The molecule has 1 saturated carbocycles. The number of urea groups is 1. The highest BCUT2D eigenvalue weighted by Crippen LogP contribution is 2.42. The monoisotopic (exact) mass is 426 g/mol. The first kappa shape index (κ1) is 19.9. The molecule has 2 amide bonds. The highest BCUT2D eigenvalue weighted by atomic mass is 16.6. The van der Waals surface area contributed by atoms with Crippen LogP contribution in [0.3, 0.4) is 0 Å². The minimum atomic E-state index is -0.579. The van der Waals surface area contributed by atoms with Crippen LogP contribution in [-0.4, -0.2) is 51.2 Å². The molecule has 3 fully saturated rings. The second-order valence-corrected chi connectivity index (χ2v) is 8.93. The summed E-state index contributed by atoms with van der Waals surface area (Å²) in [6.07, 6.45) is 7.01. The second kappa shape index (κ2) is 7.60. The fourth-order valence-corrected chi connectivity index (χ4v) is 5.16. The van der Waals surface area contributed by atoms with Gasteiger partial charge in [0, 0.05) is 36.2 Å². The molecule has 2 aromatic rings. The van der Waals surface area contributed by atoms with Crippen molar-refractivity contribution in [3.8, 4) is 11.5 Å². The van der Waals surface area contributed by atoms with Crippen LogP contribution in [0.15, 0.2) is 22.7 Å². The van der Waals surface area contributed by atoms with Crippen molar-refractivity contribution in [3.63, 3.8) is 0 Å². The Kier molecular flexibility index (Phi) is 4.88. The van der Waals surface area contributed by atoms with Crippen LogP contribution in [0.4, 0.5) is 16.2 Å². The molecular weight excluding hydrogens is 400 g/mol. The van der Waals surface area contributed by atoms with Gasteiger partial charge in [-0.1, -0.05) is 11.6 Å². The Hall–Kier alpha value is -3.01. The SMILES string of the molecule is CN1[C@@H]2CCC[C@H]1C[C@@H](N(C(N)=O)c1ccc([N+](=O)[O-])cc1-c1nc(C3CC3)no1)C2. The number of nitro groups is 1. The first-order valence-electron chi connectivity index (χ1n) is 10.9. The quantitative estimate of drug-likeness (QED) is 0.572. The van der Waals surface area contributed by atoms with Gasteiger partial charge in [-0.3, -0.25) is 15.0 Å². The molecule has 2 aliphatic heterocycles. The summed E-state index contributed by atoms with van der Waals surface area (Å²) in [5.74, 6) is 1.06. The maximum absolute atomic E-state index is 12.7. The third-order valence-corrected chi connectivity index (χ3v) is 6.98. The summed E-state index contributed by atoms with van der Waals surface area (Å²) >= 11 is 0. The third kappa shape index (κ3) is 3.65. The number of carbonyl (C=O) groups excluding carboxylic acids is 1. The van der Waals surface area contributed by atoms with E-state index in [4.69, 9.17) is 10.3 Å². The molecule has 10 nitrogen and oxygen atoms in total. The van der Waals surface area contributed by atoms with E-state index in [1.54, 1.807) is 11.0 Å². The smallest absolute Gasteiger partial charge is 0.319 e. The Morgan fingerprint density at radius 3 is 2.58 bits per heavy atom. The van der Waals surface area contributed by atoms with Crippen LogP contribution < -0.4 is 10.6 Å². The van der Waals surface area contributed by atoms with Crippen molar-refractivity contribution < 1.29 is 14.2 Å². The average molecular weight is 426 g/mol. The molecule has 1 aliphatic carbocycles. The zero-order valence-corrected chi connectivity index (χ0v) is 17.4. The van der Waals surface area contributed by atoms with Crippen molar-refractivity contribution in [2.75, 3.05) is 11.9 Å². The zero-order chi connectivity index (χ0) is 21.7. The van der Waals surface area contributed by atoms with E-state index < -0.39 is 11.0 Å². The number of carbonyl (C=O) groups is 1. The summed E-state index contributed by atoms with van der Waals surface area (Å²) in [5, 5.41) is 15.5. The van der Waals surface area contributed by atoms with Gasteiger partial charge in [-0.05, 0) is 51.6 Å². The van der Waals surface area contributed by atoms with E-state index in [1.807, 2.05) is 0 Å². The van der Waals surface area contributed by atoms with E-state index in [9.17, 15) is 14.9 Å². The Morgan fingerprint density at radius 2 is 1.97 bits per heavy atom. The third-order valence-electron chi connectivity index (χ3n) is 6.98. The number of piperidine rings is 2. The lowest BCUT2D eigenvalue weighted by atomic mass is 9.81. The summed E-state index contributed by atoms with van der Waals surface area (Å²) in [4.78, 5) is 32.1. The topological polar surface area (TPSA) is 132 Å². The number of nitro benzene ring substituents is 1. The first-order chi connectivity index (χ1) is 14.9. The number of primary amides is 1. The predicted octanol–water partition coefficient (Wildman–Crippen LogP) is 3.42. The van der Waals surface area contributed by atoms with Crippen LogP contribution in [0.25, 0.3) is 11.5 Å². The van der Waals surface area contributed by atoms with E-state index in [-0.39, 0.29) is 23.5 Å². The normalized spacial score (nSPS) is 25.9. The van der Waals surface area contributed by atoms with Gasteiger partial charge in [-0.2, -0.15) is 4.98 Å². The summed E-state index contributed by atoms with van der Waals surface area (Å²) in [7, 11) is 2.15. The average Bonchev–Trinajstić information content (AvgIpc) is 3.45. The molecule has 0 unspecified atom stereocenters. The highest BCUT2D eigenvalue weighted by Gasteiger charge is 2.40. The zero-order valence-electron chi connectivity index (χ0n) is 17.4. The molecule has 2 bridgehead atoms. The molecular formula is C21H26N6O4. The number of fused-ring (bicyclic) bond motifs is 2. The predicted molar refractivity (Wildman–Crippen MR) is 113 cm³/mol. The molecule has 3 atom stereocenters. The molecule has 1 aromatic heterocycles. The van der Waals surface area contributed by atoms with Crippen LogP contribution >= 0.6 is 0 Å². The molecule has 2 N–H and O–H groups in total. The van der Waals surface area contributed by atoms with Crippen LogP contribution in [0, 0.1) is 10.1 Å². The fourth-order valence-electron chi connectivity index (χ4n) is 5.16. The molecule has 1 aromatic carbocycles. The molecule has 164 valence electrons. The fraction of sp³-hybridized carbons (Fsp3) is 0.571.